The van der Waals surface area contributed by atoms with E-state index in [4.69, 9.17) is 20.5 Å². The molecule has 1 amide bonds. The number of rotatable bonds is 14. The molecule has 0 aromatic rings. The van der Waals surface area contributed by atoms with E-state index in [1.807, 2.05) is 0 Å². The first-order chi connectivity index (χ1) is 12.0. The van der Waals surface area contributed by atoms with Gasteiger partial charge in [0.1, 0.15) is 0 Å². The van der Waals surface area contributed by atoms with Gasteiger partial charge in [0, 0.05) is 6.42 Å². The van der Waals surface area contributed by atoms with Crippen LogP contribution >= 0.6 is 0 Å². The lowest BCUT2D eigenvalue weighted by atomic mass is 10.1. The number of carbonyl (C=O) groups is 3. The van der Waals surface area contributed by atoms with E-state index in [9.17, 15) is 22.8 Å². The fraction of sp³-hybridized carbons (Fsp3) is 0.812. The van der Waals surface area contributed by atoms with Crippen molar-refractivity contribution in [3.05, 3.63) is 0 Å². The van der Waals surface area contributed by atoms with Crippen molar-refractivity contribution in [3.63, 3.8) is 0 Å². The molecule has 0 bridgehead atoms. The molecule has 0 heterocycles. The number of aliphatic carboxylic acids is 2. The monoisotopic (exact) mass is 431 g/mol. The molecular formula is C16H37N3O8S. The van der Waals surface area contributed by atoms with Crippen LogP contribution in [0, 0.1) is 0 Å². The zero-order chi connectivity index (χ0) is 20.6. The lowest BCUT2D eigenvalue weighted by Gasteiger charge is -2.04. The molecule has 0 aliphatic carbocycles. The minimum atomic E-state index is -4.84. The fourth-order valence-electron chi connectivity index (χ4n) is 2.09. The SMILES string of the molecule is CCCCCCCCCCCC(N)=O.N.N.O=C(O)CC(C(=O)O)S(=O)(=O)O. The van der Waals surface area contributed by atoms with Crippen LogP contribution in [0.25, 0.3) is 0 Å². The van der Waals surface area contributed by atoms with Gasteiger partial charge in [0.05, 0.1) is 6.42 Å². The molecule has 1 unspecified atom stereocenters. The number of hydrogen-bond acceptors (Lipinski definition) is 7. The average Bonchev–Trinajstić information content (AvgIpc) is 2.50. The van der Waals surface area contributed by atoms with Crippen LogP contribution in [0.4, 0.5) is 0 Å². The number of amides is 1. The highest BCUT2D eigenvalue weighted by molar-refractivity contribution is 7.87. The van der Waals surface area contributed by atoms with E-state index in [1.165, 1.54) is 44.9 Å². The molecule has 11 N–H and O–H groups in total. The maximum Gasteiger partial charge on any atom is 0.325 e. The minimum absolute atomic E-state index is 0. The van der Waals surface area contributed by atoms with Crippen molar-refractivity contribution in [2.45, 2.75) is 82.8 Å². The quantitative estimate of drug-likeness (QED) is 0.173. The number of hydrogen-bond donors (Lipinski definition) is 6. The predicted octanol–water partition coefficient (Wildman–Crippen LogP) is 2.52. The molecule has 0 saturated heterocycles. The molecule has 0 spiro atoms. The fourth-order valence-corrected chi connectivity index (χ4v) is 2.70. The summed E-state index contributed by atoms with van der Waals surface area (Å²) in [6, 6.07) is 0. The molecule has 0 rings (SSSR count). The number of carboxylic acid groups (broad SMARTS) is 2. The normalized spacial score (nSPS) is 11.1. The Morgan fingerprint density at radius 3 is 1.50 bits per heavy atom. The van der Waals surface area contributed by atoms with Crippen molar-refractivity contribution in [2.24, 2.45) is 5.73 Å². The van der Waals surface area contributed by atoms with Gasteiger partial charge in [-0.3, -0.25) is 18.9 Å². The van der Waals surface area contributed by atoms with Gasteiger partial charge in [-0.2, -0.15) is 8.42 Å². The van der Waals surface area contributed by atoms with Crippen LogP contribution in [-0.2, 0) is 24.5 Å². The lowest BCUT2D eigenvalue weighted by Crippen LogP contribution is -2.31. The zero-order valence-corrected chi connectivity index (χ0v) is 17.5. The second kappa shape index (κ2) is 20.0. The smallest absolute Gasteiger partial charge is 0.325 e. The second-order valence-electron chi connectivity index (χ2n) is 5.98. The minimum Gasteiger partial charge on any atom is -0.481 e. The van der Waals surface area contributed by atoms with Crippen LogP contribution in [0.15, 0.2) is 0 Å². The number of carbonyl (C=O) groups excluding carboxylic acids is 1. The van der Waals surface area contributed by atoms with Gasteiger partial charge in [-0.1, -0.05) is 58.3 Å². The molecular weight excluding hydrogens is 394 g/mol. The first-order valence-electron chi connectivity index (χ1n) is 8.71. The van der Waals surface area contributed by atoms with E-state index >= 15 is 0 Å². The van der Waals surface area contributed by atoms with E-state index in [0.717, 1.165) is 12.8 Å². The molecule has 1 atom stereocenters. The van der Waals surface area contributed by atoms with Gasteiger partial charge in [-0.15, -0.1) is 0 Å². The van der Waals surface area contributed by atoms with E-state index < -0.39 is 33.7 Å². The third-order valence-corrected chi connectivity index (χ3v) is 4.61. The van der Waals surface area contributed by atoms with E-state index in [1.54, 1.807) is 0 Å². The van der Waals surface area contributed by atoms with Gasteiger partial charge in [-0.05, 0) is 6.42 Å². The summed E-state index contributed by atoms with van der Waals surface area (Å²) in [5, 5.41) is 13.9. The first-order valence-corrected chi connectivity index (χ1v) is 10.2. The van der Waals surface area contributed by atoms with Crippen molar-refractivity contribution in [1.29, 1.82) is 0 Å². The number of primary amides is 1. The molecule has 11 nitrogen and oxygen atoms in total. The van der Waals surface area contributed by atoms with E-state index in [0.29, 0.717) is 6.42 Å². The Balaban J connectivity index is -0.000000194. The van der Waals surface area contributed by atoms with Crippen molar-refractivity contribution in [2.75, 3.05) is 0 Å². The predicted molar refractivity (Wildman–Crippen MR) is 106 cm³/mol. The number of unbranched alkanes of at least 4 members (excludes halogenated alkanes) is 8. The van der Waals surface area contributed by atoms with Gasteiger partial charge < -0.3 is 28.2 Å². The molecule has 0 radical (unpaired) electrons. The summed E-state index contributed by atoms with van der Waals surface area (Å²) >= 11 is 0. The lowest BCUT2D eigenvalue weighted by molar-refractivity contribution is -0.143. The molecule has 28 heavy (non-hydrogen) atoms. The summed E-state index contributed by atoms with van der Waals surface area (Å²) in [7, 11) is -4.84. The van der Waals surface area contributed by atoms with Crippen LogP contribution in [0.5, 0.6) is 0 Å². The molecule has 0 saturated carbocycles. The third kappa shape index (κ3) is 24.2. The molecule has 0 aromatic heterocycles. The van der Waals surface area contributed by atoms with Crippen LogP contribution < -0.4 is 18.0 Å². The van der Waals surface area contributed by atoms with Crippen molar-refractivity contribution < 1.29 is 37.6 Å². The average molecular weight is 432 g/mol. The molecule has 12 heteroatoms. The summed E-state index contributed by atoms with van der Waals surface area (Å²) < 4.78 is 28.7. The van der Waals surface area contributed by atoms with Gasteiger partial charge in [0.25, 0.3) is 10.1 Å². The van der Waals surface area contributed by atoms with Crippen molar-refractivity contribution in [1.82, 2.24) is 12.3 Å². The van der Waals surface area contributed by atoms with Crippen LogP contribution in [0.1, 0.15) is 77.6 Å². The van der Waals surface area contributed by atoms with Crippen LogP contribution in [0.3, 0.4) is 0 Å². The summed E-state index contributed by atoms with van der Waals surface area (Å²) in [6.07, 6.45) is 10.9. The Bertz CT molecular complexity index is 526. The third-order valence-electron chi connectivity index (χ3n) is 3.52. The van der Waals surface area contributed by atoms with Gasteiger partial charge in [0.2, 0.25) is 5.91 Å². The second-order valence-corrected chi connectivity index (χ2v) is 7.58. The standard InChI is InChI=1S/C12H25NO.C4H6O7S.2H3N/c1-2-3-4-5-6-7-8-9-10-11-12(13)14;5-3(6)1-2(4(7)8)12(9,10)11;;/h2-11H2,1H3,(H2,13,14);2H,1H2,(H,5,6)(H,7,8)(H,9,10,11);2*1H3. The highest BCUT2D eigenvalue weighted by Gasteiger charge is 2.33. The maximum atomic E-state index is 10.4. The summed E-state index contributed by atoms with van der Waals surface area (Å²) in [5.74, 6) is -3.66. The van der Waals surface area contributed by atoms with Gasteiger partial charge >= 0.3 is 11.9 Å². The Hall–Kier alpha value is -1.76. The summed E-state index contributed by atoms with van der Waals surface area (Å²) in [4.78, 5) is 30.4. The molecule has 0 aliphatic heterocycles. The zero-order valence-electron chi connectivity index (χ0n) is 16.6. The Morgan fingerprint density at radius 1 is 0.857 bits per heavy atom. The first kappa shape index (κ1) is 33.8. The summed E-state index contributed by atoms with van der Waals surface area (Å²) in [5.41, 5.74) is 5.05. The van der Waals surface area contributed by atoms with Crippen molar-refractivity contribution >= 4 is 28.0 Å². The number of carboxylic acids is 2. The van der Waals surface area contributed by atoms with Crippen LogP contribution in [-0.4, -0.2) is 46.3 Å². The Labute approximate surface area is 167 Å². The van der Waals surface area contributed by atoms with E-state index in [-0.39, 0.29) is 18.2 Å². The highest BCUT2D eigenvalue weighted by Crippen LogP contribution is 2.10. The highest BCUT2D eigenvalue weighted by atomic mass is 32.2. The van der Waals surface area contributed by atoms with Crippen molar-refractivity contribution in [3.8, 4) is 0 Å². The molecule has 0 aliphatic rings. The van der Waals surface area contributed by atoms with Gasteiger partial charge in [-0.25, -0.2) is 0 Å². The summed E-state index contributed by atoms with van der Waals surface area (Å²) in [6.45, 7) is 2.24. The van der Waals surface area contributed by atoms with E-state index in [2.05, 4.69) is 6.92 Å². The largest absolute Gasteiger partial charge is 0.481 e. The Kier molecular flexibility index (Phi) is 24.1. The van der Waals surface area contributed by atoms with Crippen LogP contribution in [0.2, 0.25) is 0 Å². The maximum absolute atomic E-state index is 10.4. The van der Waals surface area contributed by atoms with Gasteiger partial charge in [0.15, 0.2) is 5.25 Å². The molecule has 0 aromatic carbocycles. The molecule has 170 valence electrons. The number of nitrogens with two attached hydrogens (primary N) is 1. The molecule has 0 fully saturated rings. The Morgan fingerprint density at radius 2 is 1.25 bits per heavy atom. The topological polar surface area (TPSA) is 242 Å².